The van der Waals surface area contributed by atoms with Gasteiger partial charge in [-0.05, 0) is 24.8 Å². The van der Waals surface area contributed by atoms with Gasteiger partial charge in [0.25, 0.3) is 0 Å². The third kappa shape index (κ3) is 9.17. The highest BCUT2D eigenvalue weighted by molar-refractivity contribution is 6.18. The fourth-order valence-electron chi connectivity index (χ4n) is 4.76. The number of hydrogen-bond donors (Lipinski definition) is 1. The summed E-state index contributed by atoms with van der Waals surface area (Å²) in [5.74, 6) is 0.324. The van der Waals surface area contributed by atoms with Gasteiger partial charge in [0, 0.05) is 25.7 Å². The van der Waals surface area contributed by atoms with Gasteiger partial charge >= 0.3 is 0 Å². The molecule has 0 bridgehead atoms. The third-order valence-electron chi connectivity index (χ3n) is 6.66. The van der Waals surface area contributed by atoms with E-state index in [9.17, 15) is 5.11 Å². The summed E-state index contributed by atoms with van der Waals surface area (Å²) in [6.45, 7) is 8.72. The van der Waals surface area contributed by atoms with Crippen molar-refractivity contribution in [3.8, 4) is 0 Å². The maximum Gasteiger partial charge on any atom is 0.116 e. The zero-order valence-corrected chi connectivity index (χ0v) is 20.8. The fourth-order valence-corrected chi connectivity index (χ4v) is 4.86. The number of unbranched alkanes of at least 4 members (excludes halogenated alkanes) is 3. The lowest BCUT2D eigenvalue weighted by atomic mass is 9.78. The Kier molecular flexibility index (Phi) is 15.4. The smallest absolute Gasteiger partial charge is 0.116 e. The lowest BCUT2D eigenvalue weighted by molar-refractivity contribution is -0.963. The van der Waals surface area contributed by atoms with Gasteiger partial charge in [0.1, 0.15) is 12.6 Å². The Labute approximate surface area is 192 Å². The summed E-state index contributed by atoms with van der Waals surface area (Å²) in [6.07, 6.45) is 11.9. The molecule has 0 spiro atoms. The van der Waals surface area contributed by atoms with Crippen LogP contribution in [0.15, 0.2) is 30.3 Å². The highest BCUT2D eigenvalue weighted by atomic mass is 35.5. The van der Waals surface area contributed by atoms with Gasteiger partial charge in [-0.1, -0.05) is 70.4 Å². The van der Waals surface area contributed by atoms with Gasteiger partial charge in [-0.3, -0.25) is 0 Å². The first-order chi connectivity index (χ1) is 13.5. The van der Waals surface area contributed by atoms with Crippen molar-refractivity contribution < 1.29 is 22.0 Å². The Morgan fingerprint density at radius 3 is 1.83 bits per heavy atom. The normalized spacial score (nSPS) is 14.8. The van der Waals surface area contributed by atoms with Crippen LogP contribution in [0.1, 0.15) is 84.1 Å². The topological polar surface area (TPSA) is 20.2 Å². The molecule has 170 valence electrons. The van der Waals surface area contributed by atoms with Gasteiger partial charge in [-0.2, -0.15) is 0 Å². The van der Waals surface area contributed by atoms with E-state index in [4.69, 9.17) is 11.6 Å². The zero-order valence-electron chi connectivity index (χ0n) is 19.3. The van der Waals surface area contributed by atoms with Crippen molar-refractivity contribution in [3.63, 3.8) is 0 Å². The van der Waals surface area contributed by atoms with E-state index in [2.05, 4.69) is 58.2 Å². The van der Waals surface area contributed by atoms with Crippen molar-refractivity contribution >= 4 is 11.6 Å². The van der Waals surface area contributed by atoms with E-state index in [0.717, 1.165) is 24.0 Å². The van der Waals surface area contributed by atoms with Crippen LogP contribution in [0.4, 0.5) is 0 Å². The molecule has 0 heterocycles. The molecule has 0 aromatic heterocycles. The second-order valence-corrected chi connectivity index (χ2v) is 9.19. The molecule has 29 heavy (non-hydrogen) atoms. The van der Waals surface area contributed by atoms with Crippen molar-refractivity contribution in [2.24, 2.45) is 0 Å². The number of hydrogen-bond acceptors (Lipinski definition) is 1. The van der Waals surface area contributed by atoms with Gasteiger partial charge in [0.2, 0.25) is 0 Å². The summed E-state index contributed by atoms with van der Waals surface area (Å²) in [6, 6.07) is 10.8. The average Bonchev–Trinajstić information content (AvgIpc) is 2.72. The number of alkyl halides is 1. The van der Waals surface area contributed by atoms with Crippen LogP contribution in [-0.4, -0.2) is 47.2 Å². The number of aliphatic hydroxyl groups is 1. The van der Waals surface area contributed by atoms with E-state index in [0.29, 0.717) is 5.88 Å². The number of rotatable bonds is 16. The molecule has 1 aromatic rings. The van der Waals surface area contributed by atoms with Crippen molar-refractivity contribution in [3.05, 3.63) is 35.9 Å². The molecule has 4 heteroatoms. The van der Waals surface area contributed by atoms with Crippen LogP contribution >= 0.6 is 11.6 Å². The number of quaternary nitrogens is 1. The minimum absolute atomic E-state index is 0. The van der Waals surface area contributed by atoms with Gasteiger partial charge in [-0.15, -0.1) is 11.6 Å². The molecular formula is C25H45Cl2NO. The van der Waals surface area contributed by atoms with E-state index in [-0.39, 0.29) is 17.9 Å². The number of benzene rings is 1. The highest BCUT2D eigenvalue weighted by Gasteiger charge is 2.47. The number of halogens is 2. The van der Waals surface area contributed by atoms with Gasteiger partial charge in [0.05, 0.1) is 25.0 Å². The first kappa shape index (κ1) is 28.7. The largest absolute Gasteiger partial charge is 1.00 e. The van der Waals surface area contributed by atoms with Crippen molar-refractivity contribution in [1.29, 1.82) is 0 Å². The molecule has 1 N–H and O–H groups in total. The molecule has 2 unspecified atom stereocenters. The quantitative estimate of drug-likeness (QED) is 0.304. The van der Waals surface area contributed by atoms with Gasteiger partial charge in [-0.25, -0.2) is 0 Å². The molecule has 0 amide bonds. The predicted molar refractivity (Wildman–Crippen MR) is 124 cm³/mol. The SMILES string of the molecule is CCCCC(CCCC)(CCCC)[N+](C)(CCc1ccccc1)CC(O)CCl.[Cl-]. The van der Waals surface area contributed by atoms with Crippen LogP contribution in [0.5, 0.6) is 0 Å². The second kappa shape index (κ2) is 15.5. The fraction of sp³-hybridized carbons (Fsp3) is 0.760. The Morgan fingerprint density at radius 1 is 0.931 bits per heavy atom. The maximum absolute atomic E-state index is 10.6. The summed E-state index contributed by atoms with van der Waals surface area (Å²) < 4.78 is 0.940. The molecular weight excluding hydrogens is 401 g/mol. The molecule has 0 saturated carbocycles. The van der Waals surface area contributed by atoms with Crippen LogP contribution in [0.3, 0.4) is 0 Å². The van der Waals surface area contributed by atoms with Crippen LogP contribution < -0.4 is 12.4 Å². The lowest BCUT2D eigenvalue weighted by Crippen LogP contribution is -3.00. The van der Waals surface area contributed by atoms with Gasteiger partial charge in [0.15, 0.2) is 0 Å². The number of aliphatic hydroxyl groups excluding tert-OH is 1. The lowest BCUT2D eigenvalue weighted by Gasteiger charge is -2.53. The zero-order chi connectivity index (χ0) is 20.9. The van der Waals surface area contributed by atoms with E-state index in [1.807, 2.05) is 0 Å². The Bertz CT molecular complexity index is 489. The third-order valence-corrected chi connectivity index (χ3v) is 7.02. The second-order valence-electron chi connectivity index (χ2n) is 8.88. The van der Waals surface area contributed by atoms with Gasteiger partial charge < -0.3 is 22.0 Å². The minimum atomic E-state index is -0.438. The molecule has 1 rings (SSSR count). The molecule has 1 aromatic carbocycles. The minimum Gasteiger partial charge on any atom is -1.00 e. The van der Waals surface area contributed by atoms with E-state index in [1.54, 1.807) is 0 Å². The van der Waals surface area contributed by atoms with E-state index in [1.165, 1.54) is 63.4 Å². The molecule has 2 atom stereocenters. The average molecular weight is 447 g/mol. The molecule has 0 aliphatic rings. The molecule has 0 radical (unpaired) electrons. The van der Waals surface area contributed by atoms with Crippen molar-refractivity contribution in [1.82, 2.24) is 0 Å². The monoisotopic (exact) mass is 445 g/mol. The van der Waals surface area contributed by atoms with Crippen LogP contribution in [0.2, 0.25) is 0 Å². The van der Waals surface area contributed by atoms with Crippen LogP contribution in [0.25, 0.3) is 0 Å². The Morgan fingerprint density at radius 2 is 1.41 bits per heavy atom. The Hall–Kier alpha value is -0.280. The summed E-state index contributed by atoms with van der Waals surface area (Å²) in [5, 5.41) is 10.6. The molecule has 0 fully saturated rings. The first-order valence-electron chi connectivity index (χ1n) is 11.6. The number of nitrogens with zero attached hydrogens (tertiary/aromatic N) is 1. The van der Waals surface area contributed by atoms with Crippen LogP contribution in [-0.2, 0) is 6.42 Å². The van der Waals surface area contributed by atoms with Crippen molar-refractivity contribution in [2.75, 3.05) is 26.0 Å². The molecule has 0 aliphatic heterocycles. The number of likely N-dealkylation sites (N-methyl/N-ethyl adjacent to an activating group) is 1. The van der Waals surface area contributed by atoms with Crippen molar-refractivity contribution in [2.45, 2.75) is 96.6 Å². The maximum atomic E-state index is 10.6. The molecule has 0 saturated heterocycles. The standard InChI is InChI=1S/C25H45ClNO.ClH/c1-5-8-17-25(18-9-6-2,19-10-7-3)27(4,22-24(28)21-26)20-16-23-14-12-11-13-15-23;/h11-15,24,28H,5-10,16-22H2,1-4H3;1H/q+1;/p-1. The summed E-state index contributed by atoms with van der Waals surface area (Å²) in [5.41, 5.74) is 1.63. The summed E-state index contributed by atoms with van der Waals surface area (Å²) in [7, 11) is 2.40. The van der Waals surface area contributed by atoms with E-state index < -0.39 is 6.10 Å². The summed E-state index contributed by atoms with van der Waals surface area (Å²) in [4.78, 5) is 0. The molecule has 0 aliphatic carbocycles. The Balaban J connectivity index is 0.00000784. The highest BCUT2D eigenvalue weighted by Crippen LogP contribution is 2.39. The summed E-state index contributed by atoms with van der Waals surface area (Å²) >= 11 is 6.08. The van der Waals surface area contributed by atoms with E-state index >= 15 is 0 Å². The first-order valence-corrected chi connectivity index (χ1v) is 12.1. The predicted octanol–water partition coefficient (Wildman–Crippen LogP) is 3.59. The molecule has 2 nitrogen and oxygen atoms in total. The van der Waals surface area contributed by atoms with Crippen LogP contribution in [0, 0.1) is 0 Å².